The number of nitrogens with zero attached hydrogens (tertiary/aromatic N) is 3. The van der Waals surface area contributed by atoms with Gasteiger partial charge in [0.15, 0.2) is 0 Å². The number of aliphatic hydroxyl groups excluding tert-OH is 1. The number of amides is 2. The van der Waals surface area contributed by atoms with E-state index in [4.69, 9.17) is 4.74 Å². The molecule has 2 amide bonds. The number of thiophene rings is 1. The Morgan fingerprint density at radius 3 is 2.49 bits per heavy atom. The zero-order valence-corrected chi connectivity index (χ0v) is 27.6. The lowest BCUT2D eigenvalue weighted by Crippen LogP contribution is -2.69. The number of alkyl halides is 6. The van der Waals surface area contributed by atoms with Crippen molar-refractivity contribution < 1.29 is 50.2 Å². The van der Waals surface area contributed by atoms with Gasteiger partial charge in [0.1, 0.15) is 22.1 Å². The summed E-state index contributed by atoms with van der Waals surface area (Å²) in [5.41, 5.74) is -2.85. The quantitative estimate of drug-likeness (QED) is 0.230. The summed E-state index contributed by atoms with van der Waals surface area (Å²) < 4.78 is 104. The highest BCUT2D eigenvalue weighted by atomic mass is 32.1. The summed E-state index contributed by atoms with van der Waals surface area (Å²) in [6.07, 6.45) is -8.10. The lowest BCUT2D eigenvalue weighted by molar-refractivity contribution is -0.163. The highest BCUT2D eigenvalue weighted by Gasteiger charge is 2.57. The number of carbonyl (C=O) groups is 2. The number of hydrogen-bond acceptors (Lipinski definition) is 6. The lowest BCUT2D eigenvalue weighted by atomic mass is 9.78. The fourth-order valence-corrected chi connectivity index (χ4v) is 7.54. The first-order valence-electron chi connectivity index (χ1n) is 16.0. The van der Waals surface area contributed by atoms with E-state index in [2.05, 4.69) is 4.98 Å². The molecule has 1 N–H and O–H groups in total. The minimum absolute atomic E-state index is 0.0211. The number of ether oxygens (including phenoxy) is 1. The average molecular weight is 716 g/mol. The Kier molecular flexibility index (Phi) is 10.6. The predicted octanol–water partition coefficient (Wildman–Crippen LogP) is 7.66. The molecule has 0 aliphatic carbocycles. The van der Waals surface area contributed by atoms with Gasteiger partial charge in [-0.2, -0.15) is 26.3 Å². The summed E-state index contributed by atoms with van der Waals surface area (Å²) in [5.74, 6) is -2.48. The molecule has 1 aromatic carbocycles. The summed E-state index contributed by atoms with van der Waals surface area (Å²) >= 11 is 0.364. The fourth-order valence-electron chi connectivity index (χ4n) is 6.86. The number of fused-ring (bicyclic) bond motifs is 1. The average Bonchev–Trinajstić information content (AvgIpc) is 3.52. The Morgan fingerprint density at radius 2 is 1.84 bits per heavy atom. The minimum atomic E-state index is -4.92. The number of benzene rings is 1. The van der Waals surface area contributed by atoms with Crippen LogP contribution in [0.25, 0.3) is 0 Å². The maximum atomic E-state index is 15.1. The molecule has 0 bridgehead atoms. The minimum Gasteiger partial charge on any atom is -0.474 e. The zero-order valence-electron chi connectivity index (χ0n) is 26.8. The molecule has 7 nitrogen and oxygen atoms in total. The number of aliphatic hydroxyl groups is 1. The number of aromatic nitrogens is 1. The molecular weight excluding hydrogens is 679 g/mol. The Hall–Kier alpha value is -3.72. The maximum absolute atomic E-state index is 15.1. The highest BCUT2D eigenvalue weighted by molar-refractivity contribution is 7.10. The number of carbonyl (C=O) groups excluding carboxylic acids is 2. The number of likely N-dealkylation sites (tertiary alicyclic amines) is 1. The van der Waals surface area contributed by atoms with Crippen molar-refractivity contribution in [1.82, 2.24) is 14.8 Å². The third-order valence-corrected chi connectivity index (χ3v) is 10.1. The van der Waals surface area contributed by atoms with E-state index in [0.717, 1.165) is 34.7 Å². The van der Waals surface area contributed by atoms with Crippen molar-refractivity contribution in [2.75, 3.05) is 6.54 Å². The molecule has 4 atom stereocenters. The monoisotopic (exact) mass is 715 g/mol. The van der Waals surface area contributed by atoms with Crippen molar-refractivity contribution in [2.24, 2.45) is 0 Å². The van der Waals surface area contributed by atoms with Crippen molar-refractivity contribution >= 4 is 23.2 Å². The number of piperidine rings is 1. The molecule has 2 aliphatic rings. The zero-order chi connectivity index (χ0) is 35.7. The van der Waals surface area contributed by atoms with E-state index in [1.165, 1.54) is 23.1 Å². The van der Waals surface area contributed by atoms with Gasteiger partial charge >= 0.3 is 12.4 Å². The topological polar surface area (TPSA) is 83.0 Å². The SMILES string of the molecule is CCC[C@H]1N(C(=O)c2ncccc2C(F)(F)F)CCC[C@@]1(Oc1csc(C(F)(F)F)c1)C(=O)N1Cc2ccc(F)cc2C[C@H]1CCC(C)O. The number of halogens is 7. The van der Waals surface area contributed by atoms with Crippen LogP contribution in [0.4, 0.5) is 30.7 Å². The summed E-state index contributed by atoms with van der Waals surface area (Å²) in [7, 11) is 0. The van der Waals surface area contributed by atoms with Crippen LogP contribution < -0.4 is 4.74 Å². The highest BCUT2D eigenvalue weighted by Crippen LogP contribution is 2.43. The number of rotatable bonds is 9. The summed E-state index contributed by atoms with van der Waals surface area (Å²) in [6.45, 7) is 3.25. The Labute approximate surface area is 282 Å². The van der Waals surface area contributed by atoms with Gasteiger partial charge in [-0.25, -0.2) is 4.39 Å². The molecule has 2 aliphatic heterocycles. The summed E-state index contributed by atoms with van der Waals surface area (Å²) in [5, 5.41) is 11.2. The second-order valence-electron chi connectivity index (χ2n) is 12.6. The molecular formula is C34H36F7N3O4S. The molecule has 15 heteroatoms. The van der Waals surface area contributed by atoms with Crippen molar-refractivity contribution in [3.63, 3.8) is 0 Å². The smallest absolute Gasteiger partial charge is 0.425 e. The molecule has 0 radical (unpaired) electrons. The Morgan fingerprint density at radius 1 is 1.08 bits per heavy atom. The number of hydrogen-bond donors (Lipinski definition) is 1. The largest absolute Gasteiger partial charge is 0.474 e. The van der Waals surface area contributed by atoms with E-state index in [-0.39, 0.29) is 57.4 Å². The van der Waals surface area contributed by atoms with Crippen molar-refractivity contribution in [1.29, 1.82) is 0 Å². The second kappa shape index (κ2) is 14.3. The summed E-state index contributed by atoms with van der Waals surface area (Å²) in [4.78, 5) is 34.6. The van der Waals surface area contributed by atoms with Crippen LogP contribution in [0.1, 0.15) is 84.4 Å². The van der Waals surface area contributed by atoms with E-state index in [0.29, 0.717) is 28.9 Å². The molecule has 5 rings (SSSR count). The first-order valence-corrected chi connectivity index (χ1v) is 16.9. The Bertz CT molecular complexity index is 1660. The van der Waals surface area contributed by atoms with Crippen LogP contribution in [0.2, 0.25) is 0 Å². The van der Waals surface area contributed by atoms with Gasteiger partial charge in [-0.15, -0.1) is 11.3 Å². The van der Waals surface area contributed by atoms with Crippen LogP contribution in [0.3, 0.4) is 0 Å². The molecule has 1 saturated heterocycles. The standard InChI is InChI=1S/C34H36F7N3O4S/c1-3-6-27-32(48-25-17-28(49-19-25)34(39,40)41,12-5-14-43(27)30(46)29-26(33(36,37)38)7-4-13-42-29)31(47)44-18-21-9-10-23(35)15-22(21)16-24(44)11-8-20(2)45/h4,7,9-10,13,15,17,19-20,24,27,45H,3,5-6,8,11-12,14,16,18H2,1-2H3/t20?,24-,27-,32+/m1/s1. The van der Waals surface area contributed by atoms with E-state index in [9.17, 15) is 40.6 Å². The van der Waals surface area contributed by atoms with Crippen LogP contribution in [0.5, 0.6) is 5.75 Å². The molecule has 4 heterocycles. The van der Waals surface area contributed by atoms with Gasteiger partial charge in [0.05, 0.1) is 17.7 Å². The molecule has 3 aromatic rings. The van der Waals surface area contributed by atoms with Gasteiger partial charge in [0.25, 0.3) is 11.8 Å². The van der Waals surface area contributed by atoms with Crippen molar-refractivity contribution in [3.05, 3.63) is 81.1 Å². The van der Waals surface area contributed by atoms with Crippen LogP contribution in [-0.2, 0) is 30.1 Å². The van der Waals surface area contributed by atoms with Crippen LogP contribution >= 0.6 is 11.3 Å². The summed E-state index contributed by atoms with van der Waals surface area (Å²) in [6, 6.07) is 4.93. The molecule has 1 unspecified atom stereocenters. The molecule has 266 valence electrons. The van der Waals surface area contributed by atoms with Crippen LogP contribution in [0, 0.1) is 5.82 Å². The fraction of sp³-hybridized carbons (Fsp3) is 0.500. The maximum Gasteiger partial charge on any atom is 0.425 e. The first-order chi connectivity index (χ1) is 23.0. The van der Waals surface area contributed by atoms with Gasteiger partial charge in [0, 0.05) is 43.2 Å². The number of pyridine rings is 1. The predicted molar refractivity (Wildman–Crippen MR) is 166 cm³/mol. The van der Waals surface area contributed by atoms with Gasteiger partial charge in [-0.1, -0.05) is 19.4 Å². The van der Waals surface area contributed by atoms with Gasteiger partial charge in [-0.3, -0.25) is 14.6 Å². The molecule has 49 heavy (non-hydrogen) atoms. The van der Waals surface area contributed by atoms with Gasteiger partial charge in [0.2, 0.25) is 5.60 Å². The second-order valence-corrected chi connectivity index (χ2v) is 13.5. The van der Waals surface area contributed by atoms with Gasteiger partial charge in [-0.05, 0) is 74.4 Å². The Balaban J connectivity index is 1.64. The third-order valence-electron chi connectivity index (χ3n) is 9.10. The molecule has 1 fully saturated rings. The molecule has 0 spiro atoms. The normalized spacial score (nSPS) is 22.1. The molecule has 2 aromatic heterocycles. The van der Waals surface area contributed by atoms with Gasteiger partial charge < -0.3 is 19.6 Å². The third kappa shape index (κ3) is 7.72. The lowest BCUT2D eigenvalue weighted by Gasteiger charge is -2.51. The van der Waals surface area contributed by atoms with E-state index < -0.39 is 69.9 Å². The van der Waals surface area contributed by atoms with Crippen LogP contribution in [-0.4, -0.2) is 62.0 Å². The van der Waals surface area contributed by atoms with E-state index >= 15 is 4.79 Å². The molecule has 0 saturated carbocycles. The van der Waals surface area contributed by atoms with Crippen LogP contribution in [0.15, 0.2) is 48.0 Å². The van der Waals surface area contributed by atoms with Crippen molar-refractivity contribution in [2.45, 2.75) is 101 Å². The van der Waals surface area contributed by atoms with E-state index in [1.54, 1.807) is 13.8 Å². The van der Waals surface area contributed by atoms with Crippen molar-refractivity contribution in [3.8, 4) is 5.75 Å². The first kappa shape index (κ1) is 36.6. The van der Waals surface area contributed by atoms with E-state index in [1.807, 2.05) is 0 Å².